The number of carboxylic acids is 1. The predicted molar refractivity (Wildman–Crippen MR) is 102 cm³/mol. The third kappa shape index (κ3) is 4.29. The number of hydrogen-bond acceptors (Lipinski definition) is 5. The highest BCUT2D eigenvalue weighted by Gasteiger charge is 2.21. The molecule has 1 aromatic carbocycles. The topological polar surface area (TPSA) is 83.0 Å². The quantitative estimate of drug-likeness (QED) is 0.507. The van der Waals surface area contributed by atoms with Crippen LogP contribution >= 0.6 is 23.1 Å². The van der Waals surface area contributed by atoms with E-state index in [0.717, 1.165) is 22.2 Å². The fourth-order valence-corrected chi connectivity index (χ4v) is 4.35. The van der Waals surface area contributed by atoms with Gasteiger partial charge < -0.3 is 10.1 Å². The summed E-state index contributed by atoms with van der Waals surface area (Å²) < 4.78 is 0. The molecular weight excluding hydrogens is 356 g/mol. The van der Waals surface area contributed by atoms with E-state index in [9.17, 15) is 14.7 Å². The zero-order chi connectivity index (χ0) is 18.0. The first kappa shape index (κ1) is 17.7. The fourth-order valence-electron chi connectivity index (χ4n) is 2.51. The lowest BCUT2D eigenvalue weighted by Gasteiger charge is -2.11. The lowest BCUT2D eigenvalue weighted by molar-refractivity contribution is -0.136. The summed E-state index contributed by atoms with van der Waals surface area (Å²) in [4.78, 5) is 32.5. The summed E-state index contributed by atoms with van der Waals surface area (Å²) in [6.07, 6.45) is 1.13. The van der Waals surface area contributed by atoms with Crippen LogP contribution in [-0.4, -0.2) is 26.3 Å². The monoisotopic (exact) mass is 374 g/mol. The molecule has 0 aliphatic rings. The molecule has 1 unspecified atom stereocenters. The smallest absolute Gasteiger partial charge is 0.317 e. The Labute approximate surface area is 153 Å². The van der Waals surface area contributed by atoms with Crippen LogP contribution in [0.25, 0.3) is 10.2 Å². The standard InChI is InChI=1S/C18H18N2O3S2/c1-10-3-5-12(6-4-10)7-8-14(17(22)23)25-18-19-15(21)13-9-11(2)24-16(13)20-18/h3-6,9,14H,7-8H2,1-2H3,(H,22,23)(H,19,20,21). The first-order valence-electron chi connectivity index (χ1n) is 7.88. The lowest BCUT2D eigenvalue weighted by atomic mass is 10.1. The normalized spacial score (nSPS) is 12.4. The van der Waals surface area contributed by atoms with Crippen LogP contribution in [0.5, 0.6) is 0 Å². The maximum atomic E-state index is 12.1. The van der Waals surface area contributed by atoms with E-state index < -0.39 is 11.2 Å². The number of nitrogens with zero attached hydrogens (tertiary/aromatic N) is 1. The van der Waals surface area contributed by atoms with Crippen LogP contribution in [0.2, 0.25) is 0 Å². The summed E-state index contributed by atoms with van der Waals surface area (Å²) in [6, 6.07) is 9.86. The summed E-state index contributed by atoms with van der Waals surface area (Å²) >= 11 is 2.53. The number of fused-ring (bicyclic) bond motifs is 1. The Hall–Kier alpha value is -2.12. The average molecular weight is 374 g/mol. The lowest BCUT2D eigenvalue weighted by Crippen LogP contribution is -2.19. The van der Waals surface area contributed by atoms with Gasteiger partial charge in [0, 0.05) is 4.88 Å². The van der Waals surface area contributed by atoms with Gasteiger partial charge in [0.1, 0.15) is 10.1 Å². The number of carbonyl (C=O) groups is 1. The largest absolute Gasteiger partial charge is 0.480 e. The molecule has 0 fully saturated rings. The van der Waals surface area contributed by atoms with E-state index in [-0.39, 0.29) is 5.56 Å². The second-order valence-corrected chi connectivity index (χ2v) is 8.34. The number of H-pyrrole nitrogens is 1. The summed E-state index contributed by atoms with van der Waals surface area (Å²) in [7, 11) is 0. The third-order valence-corrected chi connectivity index (χ3v) is 5.93. The molecule has 3 rings (SSSR count). The van der Waals surface area contributed by atoms with Crippen molar-refractivity contribution in [2.45, 2.75) is 37.1 Å². The number of rotatable bonds is 6. The van der Waals surface area contributed by atoms with Crippen LogP contribution in [0.4, 0.5) is 0 Å². The Kier molecular flexibility index (Phi) is 5.24. The zero-order valence-electron chi connectivity index (χ0n) is 13.9. The highest BCUT2D eigenvalue weighted by Crippen LogP contribution is 2.27. The molecule has 0 amide bonds. The number of aromatic amines is 1. The molecule has 5 nitrogen and oxygen atoms in total. The summed E-state index contributed by atoms with van der Waals surface area (Å²) in [5.74, 6) is -0.901. The van der Waals surface area contributed by atoms with Crippen LogP contribution in [0.15, 0.2) is 40.3 Å². The van der Waals surface area contributed by atoms with E-state index in [4.69, 9.17) is 0 Å². The molecule has 0 saturated carbocycles. The molecule has 0 bridgehead atoms. The second-order valence-electron chi connectivity index (χ2n) is 5.92. The van der Waals surface area contributed by atoms with Gasteiger partial charge in [-0.05, 0) is 38.3 Å². The van der Waals surface area contributed by atoms with Gasteiger partial charge in [-0.1, -0.05) is 41.6 Å². The van der Waals surface area contributed by atoms with Crippen LogP contribution < -0.4 is 5.56 Å². The Balaban J connectivity index is 1.76. The number of benzene rings is 1. The number of carboxylic acid groups (broad SMARTS) is 1. The average Bonchev–Trinajstić information content (AvgIpc) is 2.93. The molecule has 0 saturated heterocycles. The number of thiophene rings is 1. The summed E-state index contributed by atoms with van der Waals surface area (Å²) in [5, 5.41) is 9.75. The molecule has 2 N–H and O–H groups in total. The minimum Gasteiger partial charge on any atom is -0.480 e. The van der Waals surface area contributed by atoms with Crippen molar-refractivity contribution in [2.24, 2.45) is 0 Å². The zero-order valence-corrected chi connectivity index (χ0v) is 15.5. The Morgan fingerprint density at radius 2 is 2.04 bits per heavy atom. The van der Waals surface area contributed by atoms with Gasteiger partial charge in [0.2, 0.25) is 0 Å². The van der Waals surface area contributed by atoms with Crippen LogP contribution in [0.3, 0.4) is 0 Å². The van der Waals surface area contributed by atoms with Crippen molar-refractivity contribution in [1.82, 2.24) is 9.97 Å². The molecular formula is C18H18N2O3S2. The van der Waals surface area contributed by atoms with Crippen molar-refractivity contribution in [3.63, 3.8) is 0 Å². The number of thioether (sulfide) groups is 1. The van der Waals surface area contributed by atoms with E-state index in [1.54, 1.807) is 6.07 Å². The van der Waals surface area contributed by atoms with Gasteiger partial charge in [-0.15, -0.1) is 11.3 Å². The Morgan fingerprint density at radius 1 is 1.32 bits per heavy atom. The van der Waals surface area contributed by atoms with E-state index >= 15 is 0 Å². The number of aryl methyl sites for hydroxylation is 3. The maximum Gasteiger partial charge on any atom is 0.317 e. The van der Waals surface area contributed by atoms with Crippen LogP contribution in [-0.2, 0) is 11.2 Å². The van der Waals surface area contributed by atoms with Gasteiger partial charge in [0.15, 0.2) is 5.16 Å². The number of aromatic nitrogens is 2. The highest BCUT2D eigenvalue weighted by molar-refractivity contribution is 8.00. The van der Waals surface area contributed by atoms with Gasteiger partial charge in [-0.2, -0.15) is 0 Å². The van der Waals surface area contributed by atoms with Gasteiger partial charge >= 0.3 is 5.97 Å². The van der Waals surface area contributed by atoms with Crippen molar-refractivity contribution in [1.29, 1.82) is 0 Å². The Bertz CT molecular complexity index is 961. The third-order valence-electron chi connectivity index (χ3n) is 3.85. The molecule has 0 aliphatic carbocycles. The Morgan fingerprint density at radius 3 is 2.72 bits per heavy atom. The van der Waals surface area contributed by atoms with E-state index in [0.29, 0.717) is 28.2 Å². The first-order valence-corrected chi connectivity index (χ1v) is 9.57. The van der Waals surface area contributed by atoms with Crippen molar-refractivity contribution >= 4 is 39.3 Å². The molecule has 2 heterocycles. The van der Waals surface area contributed by atoms with E-state index in [2.05, 4.69) is 9.97 Å². The minimum absolute atomic E-state index is 0.223. The van der Waals surface area contributed by atoms with Gasteiger partial charge in [0.25, 0.3) is 5.56 Å². The van der Waals surface area contributed by atoms with E-state index in [1.807, 2.05) is 38.1 Å². The van der Waals surface area contributed by atoms with Crippen molar-refractivity contribution in [3.05, 3.63) is 56.7 Å². The highest BCUT2D eigenvalue weighted by atomic mass is 32.2. The van der Waals surface area contributed by atoms with Gasteiger partial charge in [-0.3, -0.25) is 9.59 Å². The minimum atomic E-state index is -0.901. The second kappa shape index (κ2) is 7.41. The molecule has 1 atom stereocenters. The maximum absolute atomic E-state index is 12.1. The van der Waals surface area contributed by atoms with E-state index in [1.165, 1.54) is 16.9 Å². The number of aliphatic carboxylic acids is 1. The molecule has 3 aromatic rings. The molecule has 2 aromatic heterocycles. The summed E-state index contributed by atoms with van der Waals surface area (Å²) in [6.45, 7) is 3.93. The fraction of sp³-hybridized carbons (Fsp3) is 0.278. The first-order chi connectivity index (χ1) is 11.9. The summed E-state index contributed by atoms with van der Waals surface area (Å²) in [5.41, 5.74) is 2.05. The number of nitrogens with one attached hydrogen (secondary N) is 1. The molecule has 130 valence electrons. The van der Waals surface area contributed by atoms with Gasteiger partial charge in [0.05, 0.1) is 5.39 Å². The van der Waals surface area contributed by atoms with Crippen molar-refractivity contribution in [3.8, 4) is 0 Å². The molecule has 0 aliphatic heterocycles. The molecule has 0 radical (unpaired) electrons. The van der Waals surface area contributed by atoms with Crippen molar-refractivity contribution in [2.75, 3.05) is 0 Å². The predicted octanol–water partition coefficient (Wildman–Crippen LogP) is 3.78. The molecule has 7 heteroatoms. The molecule has 25 heavy (non-hydrogen) atoms. The van der Waals surface area contributed by atoms with Crippen LogP contribution in [0.1, 0.15) is 22.4 Å². The van der Waals surface area contributed by atoms with Gasteiger partial charge in [-0.25, -0.2) is 4.98 Å². The van der Waals surface area contributed by atoms with Crippen LogP contribution in [0, 0.1) is 13.8 Å². The number of hydrogen-bond donors (Lipinski definition) is 2. The van der Waals surface area contributed by atoms with Crippen molar-refractivity contribution < 1.29 is 9.90 Å². The SMILES string of the molecule is Cc1ccc(CCC(Sc2nc3sc(C)cc3c(=O)[nH]2)C(=O)O)cc1. The molecule has 0 spiro atoms.